The van der Waals surface area contributed by atoms with Crippen LogP contribution in [0.5, 0.6) is 0 Å². The fraction of sp³-hybridized carbons (Fsp3) is 0.200. The summed E-state index contributed by atoms with van der Waals surface area (Å²) in [5, 5.41) is 5.44. The van der Waals surface area contributed by atoms with Crippen LogP contribution in [-0.2, 0) is 20.7 Å². The number of carbonyl (C=O) groups is 4. The number of amides is 3. The number of esters is 1. The number of anilines is 3. The molecule has 1 aliphatic rings. The molecule has 200 valence electrons. The lowest BCUT2D eigenvalue weighted by molar-refractivity contribution is -0.120. The largest absolute Gasteiger partial charge is 0.462 e. The molecule has 9 heteroatoms. The number of nitrogens with zero attached hydrogens (tertiary/aromatic N) is 1. The summed E-state index contributed by atoms with van der Waals surface area (Å²) in [6, 6.07) is 20.1. The number of aryl methyl sites for hydroxylation is 1. The van der Waals surface area contributed by atoms with Crippen molar-refractivity contribution in [1.29, 1.82) is 0 Å². The summed E-state index contributed by atoms with van der Waals surface area (Å²) in [5.74, 6) is -2.04. The van der Waals surface area contributed by atoms with Gasteiger partial charge in [0.1, 0.15) is 10.7 Å². The Bertz CT molecular complexity index is 1430. The van der Waals surface area contributed by atoms with Crippen LogP contribution in [0.25, 0.3) is 0 Å². The van der Waals surface area contributed by atoms with Gasteiger partial charge in [-0.1, -0.05) is 43.1 Å². The molecule has 0 unspecified atom stereocenters. The van der Waals surface area contributed by atoms with Gasteiger partial charge in [-0.2, -0.15) is 0 Å². The fourth-order valence-electron chi connectivity index (χ4n) is 4.03. The van der Waals surface area contributed by atoms with E-state index in [0.29, 0.717) is 28.2 Å². The van der Waals surface area contributed by atoms with E-state index in [1.165, 1.54) is 0 Å². The van der Waals surface area contributed by atoms with Crippen molar-refractivity contribution in [1.82, 2.24) is 0 Å². The Labute approximate surface area is 231 Å². The first-order valence-corrected chi connectivity index (χ1v) is 13.0. The van der Waals surface area contributed by atoms with Gasteiger partial charge in [0.25, 0.3) is 17.7 Å². The second kappa shape index (κ2) is 12.4. The molecule has 0 fully saturated rings. The molecule has 4 rings (SSSR count). The van der Waals surface area contributed by atoms with Crippen LogP contribution in [0.4, 0.5) is 17.1 Å². The Morgan fingerprint density at radius 2 is 1.59 bits per heavy atom. The molecule has 0 radical (unpaired) electrons. The summed E-state index contributed by atoms with van der Waals surface area (Å²) in [4.78, 5) is 51.7. The Balaban J connectivity index is 1.45. The molecule has 1 aliphatic heterocycles. The quantitative estimate of drug-likeness (QED) is 0.243. The van der Waals surface area contributed by atoms with E-state index in [4.69, 9.17) is 16.3 Å². The van der Waals surface area contributed by atoms with Gasteiger partial charge in [0.2, 0.25) is 0 Å². The lowest BCUT2D eigenvalue weighted by Gasteiger charge is -2.16. The average molecular weight is 546 g/mol. The summed E-state index contributed by atoms with van der Waals surface area (Å²) in [6.07, 6.45) is 3.06. The van der Waals surface area contributed by atoms with E-state index >= 15 is 0 Å². The number of carbonyl (C=O) groups excluding carboxylic acids is 4. The third-order valence-corrected chi connectivity index (χ3v) is 6.44. The highest BCUT2D eigenvalue weighted by molar-refractivity contribution is 6.53. The molecule has 2 N–H and O–H groups in total. The third kappa shape index (κ3) is 6.35. The zero-order valence-electron chi connectivity index (χ0n) is 21.6. The van der Waals surface area contributed by atoms with Crippen LogP contribution in [0.1, 0.15) is 53.0 Å². The van der Waals surface area contributed by atoms with Crippen molar-refractivity contribution < 1.29 is 23.9 Å². The number of hydrogen-bond acceptors (Lipinski definition) is 6. The van der Waals surface area contributed by atoms with E-state index < -0.39 is 23.7 Å². The first kappa shape index (κ1) is 27.6. The molecular formula is C30H28ClN3O5. The summed E-state index contributed by atoms with van der Waals surface area (Å²) in [5.41, 5.74) is 3.08. The molecule has 39 heavy (non-hydrogen) atoms. The van der Waals surface area contributed by atoms with Gasteiger partial charge in [-0.05, 0) is 79.9 Å². The number of hydrogen-bond donors (Lipinski definition) is 2. The second-order valence-corrected chi connectivity index (χ2v) is 9.24. The first-order chi connectivity index (χ1) is 18.8. The number of benzene rings is 3. The lowest BCUT2D eigenvalue weighted by Crippen LogP contribution is -2.32. The van der Waals surface area contributed by atoms with Gasteiger partial charge >= 0.3 is 5.97 Å². The summed E-state index contributed by atoms with van der Waals surface area (Å²) < 4.78 is 4.96. The van der Waals surface area contributed by atoms with Gasteiger partial charge < -0.3 is 15.4 Å². The molecule has 3 amide bonds. The second-order valence-electron chi connectivity index (χ2n) is 8.86. The van der Waals surface area contributed by atoms with Crippen molar-refractivity contribution in [2.24, 2.45) is 0 Å². The van der Waals surface area contributed by atoms with Gasteiger partial charge in [0, 0.05) is 16.9 Å². The minimum absolute atomic E-state index is 0.0659. The number of halogens is 1. The molecule has 1 heterocycles. The molecular weight excluding hydrogens is 518 g/mol. The number of nitrogens with one attached hydrogen (secondary N) is 2. The van der Waals surface area contributed by atoms with E-state index in [1.807, 2.05) is 12.1 Å². The third-order valence-electron chi connectivity index (χ3n) is 6.09. The van der Waals surface area contributed by atoms with Crippen LogP contribution in [0.3, 0.4) is 0 Å². The summed E-state index contributed by atoms with van der Waals surface area (Å²) in [6.45, 7) is 4.12. The van der Waals surface area contributed by atoms with Crippen molar-refractivity contribution in [3.05, 3.63) is 100 Å². The molecule has 0 saturated heterocycles. The number of imide groups is 1. The van der Waals surface area contributed by atoms with Crippen LogP contribution in [0.15, 0.2) is 83.5 Å². The zero-order chi connectivity index (χ0) is 27.9. The Morgan fingerprint density at radius 3 is 2.26 bits per heavy atom. The monoisotopic (exact) mass is 545 g/mol. The topological polar surface area (TPSA) is 105 Å². The van der Waals surface area contributed by atoms with Crippen LogP contribution < -0.4 is 15.5 Å². The van der Waals surface area contributed by atoms with Crippen molar-refractivity contribution in [2.75, 3.05) is 22.1 Å². The minimum Gasteiger partial charge on any atom is -0.462 e. The first-order valence-electron chi connectivity index (χ1n) is 12.7. The molecule has 0 saturated carbocycles. The van der Waals surface area contributed by atoms with Gasteiger partial charge in [0.15, 0.2) is 0 Å². The lowest BCUT2D eigenvalue weighted by atomic mass is 10.1. The average Bonchev–Trinajstić information content (AvgIpc) is 3.15. The number of unbranched alkanes of at least 4 members (excludes halogenated alkanes) is 1. The van der Waals surface area contributed by atoms with E-state index in [9.17, 15) is 19.2 Å². The van der Waals surface area contributed by atoms with Gasteiger partial charge in [-0.3, -0.25) is 14.4 Å². The molecule has 0 bridgehead atoms. The maximum atomic E-state index is 13.2. The smallest absolute Gasteiger partial charge is 0.338 e. The highest BCUT2D eigenvalue weighted by Gasteiger charge is 2.39. The Morgan fingerprint density at radius 1 is 0.872 bits per heavy atom. The standard InChI is InChI=1S/C30H28ClN3O5/c1-3-5-7-19-10-16-24(17-11-19)34-28(36)25(31)26(29(34)37)32-23-9-6-8-21(18-23)27(35)33-22-14-12-20(13-15-22)30(38)39-4-2/h6,8-18,32H,3-5,7H2,1-2H3,(H,33,35). The van der Waals surface area contributed by atoms with Crippen LogP contribution in [0, 0.1) is 0 Å². The van der Waals surface area contributed by atoms with Gasteiger partial charge in [0.05, 0.1) is 17.9 Å². The summed E-state index contributed by atoms with van der Waals surface area (Å²) >= 11 is 6.28. The van der Waals surface area contributed by atoms with E-state index in [-0.39, 0.29) is 17.3 Å². The molecule has 0 aliphatic carbocycles. The van der Waals surface area contributed by atoms with E-state index in [0.717, 1.165) is 29.7 Å². The van der Waals surface area contributed by atoms with Crippen LogP contribution in [-0.4, -0.2) is 30.3 Å². The summed E-state index contributed by atoms with van der Waals surface area (Å²) in [7, 11) is 0. The predicted octanol–water partition coefficient (Wildman–Crippen LogP) is 5.89. The van der Waals surface area contributed by atoms with Crippen molar-refractivity contribution in [3.63, 3.8) is 0 Å². The van der Waals surface area contributed by atoms with E-state index in [2.05, 4.69) is 17.6 Å². The molecule has 0 atom stereocenters. The normalized spacial score (nSPS) is 13.1. The molecule has 3 aromatic carbocycles. The molecule has 8 nitrogen and oxygen atoms in total. The van der Waals surface area contributed by atoms with Crippen molar-refractivity contribution in [3.8, 4) is 0 Å². The van der Waals surface area contributed by atoms with Crippen LogP contribution in [0.2, 0.25) is 0 Å². The number of ether oxygens (including phenoxy) is 1. The van der Waals surface area contributed by atoms with Crippen molar-refractivity contribution in [2.45, 2.75) is 33.1 Å². The van der Waals surface area contributed by atoms with Crippen molar-refractivity contribution >= 4 is 52.4 Å². The SMILES string of the molecule is CCCCc1ccc(N2C(=O)C(Cl)=C(Nc3cccc(C(=O)Nc4ccc(C(=O)OCC)cc4)c3)C2=O)cc1. The van der Waals surface area contributed by atoms with Crippen LogP contribution >= 0.6 is 11.6 Å². The van der Waals surface area contributed by atoms with Gasteiger partial charge in [-0.25, -0.2) is 9.69 Å². The van der Waals surface area contributed by atoms with E-state index in [1.54, 1.807) is 67.6 Å². The fourth-order valence-corrected chi connectivity index (χ4v) is 4.24. The maximum Gasteiger partial charge on any atom is 0.338 e. The maximum absolute atomic E-state index is 13.2. The predicted molar refractivity (Wildman–Crippen MR) is 151 cm³/mol. The minimum atomic E-state index is -0.620. The Hall–Kier alpha value is -4.43. The Kier molecular flexibility index (Phi) is 8.78. The molecule has 3 aromatic rings. The van der Waals surface area contributed by atoms with Gasteiger partial charge in [-0.15, -0.1) is 0 Å². The highest BCUT2D eigenvalue weighted by Crippen LogP contribution is 2.30. The highest BCUT2D eigenvalue weighted by atomic mass is 35.5. The zero-order valence-corrected chi connectivity index (χ0v) is 22.4. The molecule has 0 spiro atoms. The molecule has 0 aromatic heterocycles. The number of rotatable bonds is 10.